The lowest BCUT2D eigenvalue weighted by atomic mass is 10.2. The highest BCUT2D eigenvalue weighted by molar-refractivity contribution is 6.30. The molecular weight excluding hydrogens is 230 g/mol. The van der Waals surface area contributed by atoms with Crippen molar-refractivity contribution in [2.75, 3.05) is 26.3 Å². The quantitative estimate of drug-likeness (QED) is 0.689. The molecule has 1 aliphatic rings. The molecule has 4 nitrogen and oxygen atoms in total. The lowest BCUT2D eigenvalue weighted by Gasteiger charge is -2.17. The van der Waals surface area contributed by atoms with Crippen molar-refractivity contribution in [2.24, 2.45) is 0 Å². The van der Waals surface area contributed by atoms with Gasteiger partial charge in [0.05, 0.1) is 0 Å². The maximum atomic E-state index is 11.7. The molecular formula is C11H20ClNO3. The maximum absolute atomic E-state index is 11.7. The molecule has 94 valence electrons. The Kier molecular flexibility index (Phi) is 5.52. The van der Waals surface area contributed by atoms with E-state index >= 15 is 0 Å². The largest absolute Gasteiger partial charge is 0.374 e. The molecule has 1 amide bonds. The van der Waals surface area contributed by atoms with Gasteiger partial charge in [-0.25, -0.2) is 0 Å². The lowest BCUT2D eigenvalue weighted by molar-refractivity contribution is -0.130. The molecule has 0 saturated carbocycles. The minimum Gasteiger partial charge on any atom is -0.374 e. The number of amides is 1. The minimum atomic E-state index is -0.484. The lowest BCUT2D eigenvalue weighted by Crippen LogP contribution is -2.34. The second-order valence-corrected chi connectivity index (χ2v) is 4.50. The van der Waals surface area contributed by atoms with Crippen LogP contribution < -0.4 is 0 Å². The van der Waals surface area contributed by atoms with Crippen molar-refractivity contribution < 1.29 is 14.3 Å². The van der Waals surface area contributed by atoms with E-state index in [0.29, 0.717) is 26.3 Å². The van der Waals surface area contributed by atoms with E-state index in [1.54, 1.807) is 11.8 Å². The topological polar surface area (TPSA) is 38.8 Å². The van der Waals surface area contributed by atoms with Crippen LogP contribution in [0.5, 0.6) is 0 Å². The first kappa shape index (κ1) is 13.7. The number of likely N-dealkylation sites (tertiary alicyclic amines) is 1. The van der Waals surface area contributed by atoms with Crippen LogP contribution in [0.25, 0.3) is 0 Å². The summed E-state index contributed by atoms with van der Waals surface area (Å²) in [5, 5.41) is -0.484. The molecule has 1 fully saturated rings. The SMILES string of the molecule is CCOC1CN(C(=O)C(C)Cl)CC1OCC. The summed E-state index contributed by atoms with van der Waals surface area (Å²) in [5.74, 6) is -0.0476. The third-order valence-electron chi connectivity index (χ3n) is 2.63. The van der Waals surface area contributed by atoms with Gasteiger partial charge >= 0.3 is 0 Å². The molecule has 1 saturated heterocycles. The fourth-order valence-electron chi connectivity index (χ4n) is 1.92. The van der Waals surface area contributed by atoms with E-state index < -0.39 is 5.38 Å². The number of alkyl halides is 1. The molecule has 0 N–H and O–H groups in total. The smallest absolute Gasteiger partial charge is 0.240 e. The highest BCUT2D eigenvalue weighted by atomic mass is 35.5. The van der Waals surface area contributed by atoms with Gasteiger partial charge in [-0.15, -0.1) is 11.6 Å². The van der Waals surface area contributed by atoms with Gasteiger partial charge in [0.1, 0.15) is 17.6 Å². The molecule has 1 aliphatic heterocycles. The molecule has 1 heterocycles. The van der Waals surface area contributed by atoms with Gasteiger partial charge in [-0.3, -0.25) is 4.79 Å². The number of ether oxygens (including phenoxy) is 2. The van der Waals surface area contributed by atoms with Crippen LogP contribution in [0.3, 0.4) is 0 Å². The zero-order chi connectivity index (χ0) is 12.1. The van der Waals surface area contributed by atoms with Gasteiger partial charge in [0, 0.05) is 26.3 Å². The third-order valence-corrected chi connectivity index (χ3v) is 2.82. The Labute approximate surface area is 102 Å². The molecule has 0 radical (unpaired) electrons. The molecule has 0 aliphatic carbocycles. The number of carbonyl (C=O) groups excluding carboxylic acids is 1. The van der Waals surface area contributed by atoms with Gasteiger partial charge in [-0.1, -0.05) is 0 Å². The molecule has 0 aromatic rings. The number of hydrogen-bond acceptors (Lipinski definition) is 3. The first-order chi connectivity index (χ1) is 7.60. The van der Waals surface area contributed by atoms with E-state index in [9.17, 15) is 4.79 Å². The van der Waals surface area contributed by atoms with E-state index in [1.165, 1.54) is 0 Å². The first-order valence-electron chi connectivity index (χ1n) is 5.76. The van der Waals surface area contributed by atoms with Gasteiger partial charge in [-0.05, 0) is 20.8 Å². The van der Waals surface area contributed by atoms with Crippen molar-refractivity contribution in [3.05, 3.63) is 0 Å². The normalized spacial score (nSPS) is 27.1. The summed E-state index contributed by atoms with van der Waals surface area (Å²) in [6, 6.07) is 0. The number of hydrogen-bond donors (Lipinski definition) is 0. The Balaban J connectivity index is 2.57. The summed E-state index contributed by atoms with van der Waals surface area (Å²) >= 11 is 5.78. The first-order valence-corrected chi connectivity index (χ1v) is 6.19. The standard InChI is InChI=1S/C11H20ClNO3/c1-4-15-9-6-13(11(14)8(3)12)7-10(9)16-5-2/h8-10H,4-7H2,1-3H3. The van der Waals surface area contributed by atoms with Gasteiger partial charge in [0.2, 0.25) is 5.91 Å². The predicted molar refractivity (Wildman–Crippen MR) is 62.7 cm³/mol. The average Bonchev–Trinajstić information content (AvgIpc) is 2.62. The molecule has 3 atom stereocenters. The van der Waals surface area contributed by atoms with Crippen LogP contribution in [0, 0.1) is 0 Å². The summed E-state index contributed by atoms with van der Waals surface area (Å²) in [5.41, 5.74) is 0. The number of halogens is 1. The monoisotopic (exact) mass is 249 g/mol. The van der Waals surface area contributed by atoms with Crippen molar-refractivity contribution in [3.8, 4) is 0 Å². The van der Waals surface area contributed by atoms with Crippen LogP contribution in [0.1, 0.15) is 20.8 Å². The molecule has 0 aromatic heterocycles. The van der Waals surface area contributed by atoms with Crippen molar-refractivity contribution in [1.29, 1.82) is 0 Å². The highest BCUT2D eigenvalue weighted by Gasteiger charge is 2.37. The Hall–Kier alpha value is -0.320. The maximum Gasteiger partial charge on any atom is 0.240 e. The molecule has 0 aromatic carbocycles. The van der Waals surface area contributed by atoms with Crippen LogP contribution in [0.2, 0.25) is 0 Å². The molecule has 0 bridgehead atoms. The zero-order valence-electron chi connectivity index (χ0n) is 10.1. The molecule has 0 spiro atoms. The van der Waals surface area contributed by atoms with Crippen molar-refractivity contribution in [3.63, 3.8) is 0 Å². The predicted octanol–water partition coefficient (Wildman–Crippen LogP) is 1.27. The van der Waals surface area contributed by atoms with Gasteiger partial charge in [0.25, 0.3) is 0 Å². The fourth-order valence-corrected chi connectivity index (χ4v) is 2.06. The van der Waals surface area contributed by atoms with Crippen molar-refractivity contribution in [1.82, 2.24) is 4.90 Å². The van der Waals surface area contributed by atoms with Crippen LogP contribution in [-0.2, 0) is 14.3 Å². The van der Waals surface area contributed by atoms with Crippen LogP contribution in [0.15, 0.2) is 0 Å². The second kappa shape index (κ2) is 6.42. The van der Waals surface area contributed by atoms with E-state index in [0.717, 1.165) is 0 Å². The van der Waals surface area contributed by atoms with Crippen LogP contribution >= 0.6 is 11.6 Å². The van der Waals surface area contributed by atoms with Crippen molar-refractivity contribution in [2.45, 2.75) is 38.4 Å². The Morgan fingerprint density at radius 1 is 1.31 bits per heavy atom. The number of carbonyl (C=O) groups is 1. The Morgan fingerprint density at radius 3 is 2.06 bits per heavy atom. The second-order valence-electron chi connectivity index (χ2n) is 3.85. The Bertz CT molecular complexity index is 221. The number of nitrogens with zero attached hydrogens (tertiary/aromatic N) is 1. The fraction of sp³-hybridized carbons (Fsp3) is 0.909. The van der Waals surface area contributed by atoms with E-state index in [2.05, 4.69) is 0 Å². The van der Waals surface area contributed by atoms with Crippen LogP contribution in [-0.4, -0.2) is 54.7 Å². The van der Waals surface area contributed by atoms with Gasteiger partial charge in [0.15, 0.2) is 0 Å². The molecule has 16 heavy (non-hydrogen) atoms. The molecule has 5 heteroatoms. The highest BCUT2D eigenvalue weighted by Crippen LogP contribution is 2.18. The minimum absolute atomic E-state index is 0.0238. The summed E-state index contributed by atoms with van der Waals surface area (Å²) in [4.78, 5) is 13.4. The number of rotatable bonds is 5. The van der Waals surface area contributed by atoms with E-state index in [4.69, 9.17) is 21.1 Å². The van der Waals surface area contributed by atoms with Gasteiger partial charge < -0.3 is 14.4 Å². The molecule has 1 rings (SSSR count). The molecule has 3 unspecified atom stereocenters. The van der Waals surface area contributed by atoms with Gasteiger partial charge in [-0.2, -0.15) is 0 Å². The summed E-state index contributed by atoms with van der Waals surface area (Å²) in [7, 11) is 0. The summed E-state index contributed by atoms with van der Waals surface area (Å²) < 4.78 is 11.1. The third kappa shape index (κ3) is 3.34. The zero-order valence-corrected chi connectivity index (χ0v) is 10.9. The Morgan fingerprint density at radius 2 is 1.75 bits per heavy atom. The van der Waals surface area contributed by atoms with E-state index in [1.807, 2.05) is 13.8 Å². The van der Waals surface area contributed by atoms with Crippen molar-refractivity contribution >= 4 is 17.5 Å². The summed E-state index contributed by atoms with van der Waals surface area (Å²) in [6.45, 7) is 7.99. The van der Waals surface area contributed by atoms with Crippen LogP contribution in [0.4, 0.5) is 0 Å². The average molecular weight is 250 g/mol. The summed E-state index contributed by atoms with van der Waals surface area (Å²) in [6.07, 6.45) is -0.0476. The van der Waals surface area contributed by atoms with E-state index in [-0.39, 0.29) is 18.1 Å².